The minimum atomic E-state index is -0.473. The summed E-state index contributed by atoms with van der Waals surface area (Å²) in [4.78, 5) is 0. The van der Waals surface area contributed by atoms with Crippen molar-refractivity contribution in [3.05, 3.63) is 42.0 Å². The Hall–Kier alpha value is -2.23. The minimum Gasteiger partial charge on any atom is -0.490 e. The third kappa shape index (κ3) is 13.5. The van der Waals surface area contributed by atoms with Crippen molar-refractivity contribution < 1.29 is 18.6 Å². The second-order valence-corrected chi connectivity index (χ2v) is 12.0. The summed E-state index contributed by atoms with van der Waals surface area (Å²) in [5.74, 6) is 2.35. The zero-order valence-electron chi connectivity index (χ0n) is 27.1. The van der Waals surface area contributed by atoms with E-state index in [0.717, 1.165) is 60.5 Å². The Balaban J connectivity index is 2.41. The van der Waals surface area contributed by atoms with Crippen molar-refractivity contribution in [3.63, 3.8) is 0 Å². The summed E-state index contributed by atoms with van der Waals surface area (Å²) in [5.41, 5.74) is 2.58. The molecular weight excluding hydrogens is 511 g/mol. The highest BCUT2D eigenvalue weighted by Crippen LogP contribution is 2.44. The van der Waals surface area contributed by atoms with Crippen LogP contribution in [0.3, 0.4) is 0 Å². The molecule has 2 rings (SSSR count). The number of benzene rings is 2. The van der Waals surface area contributed by atoms with Crippen molar-refractivity contribution >= 4 is 0 Å². The van der Waals surface area contributed by atoms with E-state index in [1.807, 2.05) is 36.4 Å². The van der Waals surface area contributed by atoms with Crippen LogP contribution in [0.2, 0.25) is 0 Å². The molecule has 0 heterocycles. The molecule has 0 aliphatic carbocycles. The Morgan fingerprint density at radius 2 is 0.976 bits per heavy atom. The minimum absolute atomic E-state index is 0.0664. The monoisotopic (exact) mass is 570 g/mol. The van der Waals surface area contributed by atoms with Crippen LogP contribution in [-0.2, 0) is 6.67 Å². The third-order valence-electron chi connectivity index (χ3n) is 7.82. The van der Waals surface area contributed by atoms with Crippen molar-refractivity contribution in [2.75, 3.05) is 0 Å². The summed E-state index contributed by atoms with van der Waals surface area (Å²) < 4.78 is 33.2. The molecule has 0 bridgehead atoms. The first-order valence-electron chi connectivity index (χ1n) is 16.7. The average molecular weight is 571 g/mol. The highest BCUT2D eigenvalue weighted by Gasteiger charge is 2.21. The lowest BCUT2D eigenvalue weighted by molar-refractivity contribution is 0.185. The Kier molecular flexibility index (Phi) is 17.6. The van der Waals surface area contributed by atoms with E-state index in [0.29, 0.717) is 5.56 Å². The van der Waals surface area contributed by atoms with E-state index in [2.05, 4.69) is 41.5 Å². The van der Waals surface area contributed by atoms with Crippen molar-refractivity contribution in [3.8, 4) is 28.4 Å². The molecule has 0 saturated heterocycles. The molecule has 0 radical (unpaired) electrons. The topological polar surface area (TPSA) is 27.7 Å². The second-order valence-electron chi connectivity index (χ2n) is 12.0. The molecular formula is C37H59FO3. The van der Waals surface area contributed by atoms with E-state index < -0.39 is 6.67 Å². The molecule has 0 unspecified atom stereocenters. The number of alkyl halides is 1. The summed E-state index contributed by atoms with van der Waals surface area (Å²) in [6.07, 6.45) is 17.9. The van der Waals surface area contributed by atoms with Gasteiger partial charge in [0.25, 0.3) is 0 Å². The van der Waals surface area contributed by atoms with Crippen LogP contribution in [0.15, 0.2) is 36.4 Å². The van der Waals surface area contributed by atoms with Crippen molar-refractivity contribution in [1.29, 1.82) is 0 Å². The first-order chi connectivity index (χ1) is 19.9. The lowest BCUT2D eigenvalue weighted by Crippen LogP contribution is -2.16. The van der Waals surface area contributed by atoms with E-state index in [9.17, 15) is 4.39 Å². The molecule has 0 fully saturated rings. The van der Waals surface area contributed by atoms with E-state index >= 15 is 0 Å². The first-order valence-corrected chi connectivity index (χ1v) is 16.7. The molecule has 3 nitrogen and oxygen atoms in total. The van der Waals surface area contributed by atoms with Crippen molar-refractivity contribution in [2.24, 2.45) is 0 Å². The second kappa shape index (κ2) is 20.6. The maximum Gasteiger partial charge on any atom is 0.134 e. The van der Waals surface area contributed by atoms with Gasteiger partial charge in [-0.05, 0) is 70.4 Å². The fraction of sp³-hybridized carbons (Fsp3) is 0.676. The lowest BCUT2D eigenvalue weighted by Gasteiger charge is -2.24. The molecule has 0 saturated carbocycles. The molecule has 0 aromatic heterocycles. The molecule has 41 heavy (non-hydrogen) atoms. The van der Waals surface area contributed by atoms with Crippen LogP contribution in [-0.4, -0.2) is 18.3 Å². The van der Waals surface area contributed by atoms with E-state index in [1.165, 1.54) is 64.2 Å². The number of ether oxygens (including phenoxy) is 3. The summed E-state index contributed by atoms with van der Waals surface area (Å²) in [6, 6.07) is 11.8. The third-order valence-corrected chi connectivity index (χ3v) is 7.82. The Morgan fingerprint density at radius 3 is 1.37 bits per heavy atom. The van der Waals surface area contributed by atoms with Gasteiger partial charge in [0.1, 0.15) is 23.9 Å². The average Bonchev–Trinajstić information content (AvgIpc) is 2.96. The van der Waals surface area contributed by atoms with E-state index in [1.54, 1.807) is 0 Å². The molecule has 2 aromatic carbocycles. The fourth-order valence-corrected chi connectivity index (χ4v) is 5.28. The molecule has 0 aliphatic heterocycles. The number of hydrogen-bond donors (Lipinski definition) is 0. The molecule has 4 heteroatoms. The Morgan fingerprint density at radius 1 is 0.561 bits per heavy atom. The van der Waals surface area contributed by atoms with Gasteiger partial charge in [-0.1, -0.05) is 103 Å². The largest absolute Gasteiger partial charge is 0.490 e. The standard InChI is InChI=1S/C37H59FO3/c1-7-10-13-16-19-29(4)39-34-26-35(40-30(5)20-17-14-11-8-2)37(33-24-22-32(28-38)23-25-33)36(27-34)41-31(6)21-18-15-12-9-3/h22-27,29-31H,7-21,28H2,1-6H3/t29-,30+,31+/m1/s1. The zero-order chi connectivity index (χ0) is 29.9. The summed E-state index contributed by atoms with van der Waals surface area (Å²) in [7, 11) is 0. The van der Waals surface area contributed by atoms with Gasteiger partial charge in [-0.15, -0.1) is 0 Å². The Labute approximate surface area is 251 Å². The quantitative estimate of drug-likeness (QED) is 0.124. The van der Waals surface area contributed by atoms with Crippen LogP contribution in [0.25, 0.3) is 11.1 Å². The maximum absolute atomic E-state index is 13.3. The van der Waals surface area contributed by atoms with Gasteiger partial charge < -0.3 is 14.2 Å². The highest BCUT2D eigenvalue weighted by atomic mass is 19.1. The predicted octanol–water partition coefficient (Wildman–Crippen LogP) is 12.0. The van der Waals surface area contributed by atoms with Gasteiger partial charge in [-0.25, -0.2) is 4.39 Å². The van der Waals surface area contributed by atoms with Gasteiger partial charge >= 0.3 is 0 Å². The number of halogens is 1. The van der Waals surface area contributed by atoms with Gasteiger partial charge in [0.2, 0.25) is 0 Å². The highest BCUT2D eigenvalue weighted by molar-refractivity contribution is 5.78. The Bertz CT molecular complexity index is 901. The maximum atomic E-state index is 13.3. The molecule has 3 atom stereocenters. The van der Waals surface area contributed by atoms with Crippen LogP contribution >= 0.6 is 0 Å². The van der Waals surface area contributed by atoms with Crippen LogP contribution < -0.4 is 14.2 Å². The lowest BCUT2D eigenvalue weighted by atomic mass is 10.0. The van der Waals surface area contributed by atoms with E-state index in [4.69, 9.17) is 14.2 Å². The van der Waals surface area contributed by atoms with Crippen LogP contribution in [0.5, 0.6) is 17.2 Å². The number of hydrogen-bond acceptors (Lipinski definition) is 3. The van der Waals surface area contributed by atoms with Gasteiger partial charge in [0, 0.05) is 12.1 Å². The van der Waals surface area contributed by atoms with Gasteiger partial charge in [-0.2, -0.15) is 0 Å². The van der Waals surface area contributed by atoms with Crippen molar-refractivity contribution in [2.45, 2.75) is 163 Å². The summed E-state index contributed by atoms with van der Waals surface area (Å²) in [6.45, 7) is 12.7. The zero-order valence-corrected chi connectivity index (χ0v) is 27.1. The van der Waals surface area contributed by atoms with E-state index in [-0.39, 0.29) is 18.3 Å². The molecule has 0 amide bonds. The molecule has 2 aromatic rings. The number of unbranched alkanes of at least 4 members (excludes halogenated alkanes) is 9. The van der Waals surface area contributed by atoms with Gasteiger partial charge in [0.05, 0.1) is 23.9 Å². The summed E-state index contributed by atoms with van der Waals surface area (Å²) in [5, 5.41) is 0. The molecule has 0 N–H and O–H groups in total. The van der Waals surface area contributed by atoms with Crippen LogP contribution in [0.1, 0.15) is 143 Å². The fourth-order valence-electron chi connectivity index (χ4n) is 5.28. The molecule has 232 valence electrons. The molecule has 0 aliphatic rings. The summed E-state index contributed by atoms with van der Waals surface area (Å²) >= 11 is 0. The van der Waals surface area contributed by atoms with Crippen molar-refractivity contribution in [1.82, 2.24) is 0 Å². The SMILES string of the molecule is CCCCCC[C@@H](C)Oc1cc(O[C@@H](C)CCCCCC)c(-c2ccc(CF)cc2)c(O[C@@H](C)CCCCCC)c1. The normalized spacial score (nSPS) is 13.5. The van der Waals surface area contributed by atoms with Gasteiger partial charge in [-0.3, -0.25) is 0 Å². The molecule has 0 spiro atoms. The predicted molar refractivity (Wildman–Crippen MR) is 173 cm³/mol. The first kappa shape index (κ1) is 35.0. The number of rotatable bonds is 23. The smallest absolute Gasteiger partial charge is 0.134 e. The van der Waals surface area contributed by atoms with Crippen LogP contribution in [0.4, 0.5) is 4.39 Å². The van der Waals surface area contributed by atoms with Gasteiger partial charge in [0.15, 0.2) is 0 Å². The van der Waals surface area contributed by atoms with Crippen LogP contribution in [0, 0.1) is 0 Å².